The first-order valence-electron chi connectivity index (χ1n) is 5.30. The topological polar surface area (TPSA) is 67.0 Å². The molecule has 0 aliphatic heterocycles. The number of H-pyrrole nitrogens is 1. The van der Waals surface area contributed by atoms with Crippen molar-refractivity contribution < 1.29 is 9.53 Å². The molecule has 0 radical (unpaired) electrons. The Balaban J connectivity index is 1.98. The van der Waals surface area contributed by atoms with Crippen LogP contribution in [0.25, 0.3) is 0 Å². The number of nitrogens with one attached hydrogen (secondary N) is 2. The summed E-state index contributed by atoms with van der Waals surface area (Å²) in [6.45, 7) is 0.553. The van der Waals surface area contributed by atoms with Gasteiger partial charge in [0.15, 0.2) is 0 Å². The van der Waals surface area contributed by atoms with Gasteiger partial charge in [0, 0.05) is 17.6 Å². The molecule has 2 rings (SSSR count). The van der Waals surface area contributed by atoms with Gasteiger partial charge in [-0.1, -0.05) is 11.6 Å². The molecular weight excluding hydrogens is 254 g/mol. The Morgan fingerprint density at radius 3 is 3.06 bits per heavy atom. The van der Waals surface area contributed by atoms with Crippen LogP contribution < -0.4 is 5.32 Å². The molecule has 0 aromatic carbocycles. The second-order valence-electron chi connectivity index (χ2n) is 3.61. The molecule has 0 saturated carbocycles. The normalized spacial score (nSPS) is 10.1. The maximum Gasteiger partial charge on any atom is 0.354 e. The molecule has 0 bridgehead atoms. The first-order valence-corrected chi connectivity index (χ1v) is 5.68. The molecule has 94 valence electrons. The van der Waals surface area contributed by atoms with Crippen molar-refractivity contribution in [1.29, 1.82) is 0 Å². The molecule has 18 heavy (non-hydrogen) atoms. The highest BCUT2D eigenvalue weighted by Crippen LogP contribution is 2.13. The van der Waals surface area contributed by atoms with Crippen molar-refractivity contribution in [2.24, 2.45) is 0 Å². The van der Waals surface area contributed by atoms with Crippen LogP contribution in [-0.2, 0) is 11.3 Å². The molecule has 2 aromatic heterocycles. The molecule has 6 heteroatoms. The quantitative estimate of drug-likeness (QED) is 0.658. The first-order chi connectivity index (χ1) is 8.69. The van der Waals surface area contributed by atoms with Crippen molar-refractivity contribution in [1.82, 2.24) is 9.97 Å². The molecule has 0 aliphatic carbocycles. The summed E-state index contributed by atoms with van der Waals surface area (Å²) in [6, 6.07) is 7.05. The van der Waals surface area contributed by atoms with E-state index >= 15 is 0 Å². The minimum absolute atomic E-state index is 0.381. The molecule has 0 atom stereocenters. The number of rotatable bonds is 4. The molecule has 0 amide bonds. The number of esters is 1. The van der Waals surface area contributed by atoms with Gasteiger partial charge in [0.25, 0.3) is 0 Å². The summed E-state index contributed by atoms with van der Waals surface area (Å²) in [7, 11) is 1.35. The summed E-state index contributed by atoms with van der Waals surface area (Å²) in [5.41, 5.74) is 2.18. The number of aromatic amines is 1. The Kier molecular flexibility index (Phi) is 3.84. The van der Waals surface area contributed by atoms with Gasteiger partial charge in [0.1, 0.15) is 10.8 Å². The Morgan fingerprint density at radius 1 is 1.50 bits per heavy atom. The van der Waals surface area contributed by atoms with E-state index in [0.717, 1.165) is 11.4 Å². The monoisotopic (exact) mass is 265 g/mol. The van der Waals surface area contributed by atoms with E-state index in [1.54, 1.807) is 18.3 Å². The molecule has 2 N–H and O–H groups in total. The third kappa shape index (κ3) is 3.01. The van der Waals surface area contributed by atoms with Crippen LogP contribution in [0.5, 0.6) is 0 Å². The number of methoxy groups -OCH3 is 1. The van der Waals surface area contributed by atoms with E-state index in [2.05, 4.69) is 20.0 Å². The summed E-state index contributed by atoms with van der Waals surface area (Å²) < 4.78 is 4.61. The van der Waals surface area contributed by atoms with Crippen LogP contribution in [0.2, 0.25) is 5.15 Å². The number of hydrogen-bond donors (Lipinski definition) is 2. The largest absolute Gasteiger partial charge is 0.464 e. The molecule has 0 fully saturated rings. The van der Waals surface area contributed by atoms with Gasteiger partial charge in [-0.2, -0.15) is 0 Å². The number of hydrogen-bond acceptors (Lipinski definition) is 4. The zero-order chi connectivity index (χ0) is 13.0. The predicted octanol–water partition coefficient (Wildman–Crippen LogP) is 2.46. The maximum absolute atomic E-state index is 11.2. The number of ether oxygens (including phenoxy) is 1. The molecule has 5 nitrogen and oxygen atoms in total. The SMILES string of the molecule is COC(=O)c1ccc(CNc2ccnc(Cl)c2)[nH]1. The van der Waals surface area contributed by atoms with Gasteiger partial charge in [-0.05, 0) is 24.3 Å². The summed E-state index contributed by atoms with van der Waals surface area (Å²) in [5.74, 6) is -0.381. The highest BCUT2D eigenvalue weighted by Gasteiger charge is 2.07. The molecule has 0 saturated heterocycles. The van der Waals surface area contributed by atoms with E-state index in [4.69, 9.17) is 11.6 Å². The summed E-state index contributed by atoms with van der Waals surface area (Å²) in [5, 5.41) is 3.60. The van der Waals surface area contributed by atoms with Gasteiger partial charge in [0.05, 0.1) is 13.7 Å². The number of pyridine rings is 1. The van der Waals surface area contributed by atoms with E-state index < -0.39 is 0 Å². The van der Waals surface area contributed by atoms with E-state index in [-0.39, 0.29) is 5.97 Å². The number of carbonyl (C=O) groups is 1. The van der Waals surface area contributed by atoms with E-state index in [0.29, 0.717) is 17.4 Å². The van der Waals surface area contributed by atoms with Crippen molar-refractivity contribution >= 4 is 23.3 Å². The minimum atomic E-state index is -0.381. The zero-order valence-electron chi connectivity index (χ0n) is 9.74. The number of carbonyl (C=O) groups excluding carboxylic acids is 1. The molecule has 2 aromatic rings. The minimum Gasteiger partial charge on any atom is -0.464 e. The van der Waals surface area contributed by atoms with Crippen molar-refractivity contribution in [2.75, 3.05) is 12.4 Å². The number of halogens is 1. The Bertz CT molecular complexity index is 554. The molecule has 2 heterocycles. The highest BCUT2D eigenvalue weighted by molar-refractivity contribution is 6.29. The third-order valence-electron chi connectivity index (χ3n) is 2.36. The average Bonchev–Trinajstić information content (AvgIpc) is 2.84. The lowest BCUT2D eigenvalue weighted by molar-refractivity contribution is 0.0594. The fourth-order valence-electron chi connectivity index (χ4n) is 1.48. The van der Waals surface area contributed by atoms with Gasteiger partial charge in [0.2, 0.25) is 0 Å². The van der Waals surface area contributed by atoms with Crippen LogP contribution in [0.1, 0.15) is 16.2 Å². The van der Waals surface area contributed by atoms with Gasteiger partial charge in [-0.15, -0.1) is 0 Å². The number of anilines is 1. The first kappa shape index (κ1) is 12.4. The van der Waals surface area contributed by atoms with Crippen LogP contribution in [-0.4, -0.2) is 23.0 Å². The Morgan fingerprint density at radius 2 is 2.33 bits per heavy atom. The second kappa shape index (κ2) is 5.55. The van der Waals surface area contributed by atoms with Crippen LogP contribution >= 0.6 is 11.6 Å². The molecular formula is C12H12ClN3O2. The van der Waals surface area contributed by atoms with Gasteiger partial charge in [-0.25, -0.2) is 9.78 Å². The predicted molar refractivity (Wildman–Crippen MR) is 68.7 cm³/mol. The lowest BCUT2D eigenvalue weighted by atomic mass is 10.3. The molecule has 0 spiro atoms. The fraction of sp³-hybridized carbons (Fsp3) is 0.167. The second-order valence-corrected chi connectivity index (χ2v) is 4.00. The van der Waals surface area contributed by atoms with Crippen molar-refractivity contribution in [3.05, 3.63) is 47.0 Å². The summed E-state index contributed by atoms with van der Waals surface area (Å²) >= 11 is 5.77. The molecule has 0 aliphatic rings. The van der Waals surface area contributed by atoms with Crippen molar-refractivity contribution in [3.8, 4) is 0 Å². The summed E-state index contributed by atoms with van der Waals surface area (Å²) in [6.07, 6.45) is 1.62. The van der Waals surface area contributed by atoms with E-state index in [1.165, 1.54) is 7.11 Å². The summed E-state index contributed by atoms with van der Waals surface area (Å²) in [4.78, 5) is 18.1. The van der Waals surface area contributed by atoms with Crippen LogP contribution in [0, 0.1) is 0 Å². The molecule has 0 unspecified atom stereocenters. The lowest BCUT2D eigenvalue weighted by Crippen LogP contribution is -2.03. The standard InChI is InChI=1S/C12H12ClN3O2/c1-18-12(17)10-3-2-9(16-10)7-15-8-4-5-14-11(13)6-8/h2-6,16H,7H2,1H3,(H,14,15). The van der Waals surface area contributed by atoms with Crippen LogP contribution in [0.3, 0.4) is 0 Å². The van der Waals surface area contributed by atoms with E-state index in [9.17, 15) is 4.79 Å². The smallest absolute Gasteiger partial charge is 0.354 e. The van der Waals surface area contributed by atoms with Crippen LogP contribution in [0.15, 0.2) is 30.5 Å². The van der Waals surface area contributed by atoms with Crippen LogP contribution in [0.4, 0.5) is 5.69 Å². The highest BCUT2D eigenvalue weighted by atomic mass is 35.5. The van der Waals surface area contributed by atoms with Gasteiger partial charge in [-0.3, -0.25) is 0 Å². The Labute approximate surface area is 109 Å². The average molecular weight is 266 g/mol. The third-order valence-corrected chi connectivity index (χ3v) is 2.57. The van der Waals surface area contributed by atoms with Gasteiger partial charge < -0.3 is 15.0 Å². The number of nitrogens with zero attached hydrogens (tertiary/aromatic N) is 1. The number of aromatic nitrogens is 2. The zero-order valence-corrected chi connectivity index (χ0v) is 10.5. The van der Waals surface area contributed by atoms with Gasteiger partial charge >= 0.3 is 5.97 Å². The Hall–Kier alpha value is -2.01. The van der Waals surface area contributed by atoms with Crippen molar-refractivity contribution in [2.45, 2.75) is 6.54 Å². The van der Waals surface area contributed by atoms with Crippen molar-refractivity contribution in [3.63, 3.8) is 0 Å². The maximum atomic E-state index is 11.2. The lowest BCUT2D eigenvalue weighted by Gasteiger charge is -2.04. The fourth-order valence-corrected chi connectivity index (χ4v) is 1.66. The van der Waals surface area contributed by atoms with E-state index in [1.807, 2.05) is 12.1 Å².